The zero-order chi connectivity index (χ0) is 31.6. The summed E-state index contributed by atoms with van der Waals surface area (Å²) in [7, 11) is 0. The molecular weight excluding hydrogens is 576 g/mol. The molecule has 3 heterocycles. The molecule has 1 aromatic heterocycles. The Labute approximate surface area is 261 Å². The van der Waals surface area contributed by atoms with E-state index in [2.05, 4.69) is 10.3 Å². The SMILES string of the molecule is Cc1c(NC(=O)c2ccc(OCC3CCCO3)cc2)ccc2cc(C=O)cnc12.O=C(O)c1ccc(OCC2CCCO2)cc1. The number of aromatic nitrogens is 1. The molecule has 2 N–H and O–H groups in total. The molecule has 2 atom stereocenters. The quantitative estimate of drug-likeness (QED) is 0.204. The van der Waals surface area contributed by atoms with Crippen molar-refractivity contribution in [2.24, 2.45) is 0 Å². The lowest BCUT2D eigenvalue weighted by Gasteiger charge is -2.13. The van der Waals surface area contributed by atoms with Gasteiger partial charge < -0.3 is 29.4 Å². The van der Waals surface area contributed by atoms with E-state index in [9.17, 15) is 14.4 Å². The molecule has 1 amide bonds. The number of hydrogen-bond acceptors (Lipinski definition) is 8. The predicted molar refractivity (Wildman–Crippen MR) is 169 cm³/mol. The second-order valence-corrected chi connectivity index (χ2v) is 10.9. The van der Waals surface area contributed by atoms with Gasteiger partial charge >= 0.3 is 5.97 Å². The first kappa shape index (κ1) is 31.6. The topological polar surface area (TPSA) is 133 Å². The number of aryl methyl sites for hydroxylation is 1. The van der Waals surface area contributed by atoms with Crippen LogP contribution in [0.3, 0.4) is 0 Å². The summed E-state index contributed by atoms with van der Waals surface area (Å²) < 4.78 is 22.2. The third-order valence-corrected chi connectivity index (χ3v) is 7.65. The largest absolute Gasteiger partial charge is 0.491 e. The van der Waals surface area contributed by atoms with Gasteiger partial charge in [-0.1, -0.05) is 6.07 Å². The summed E-state index contributed by atoms with van der Waals surface area (Å²) in [6.07, 6.45) is 6.87. The van der Waals surface area contributed by atoms with Crippen molar-refractivity contribution in [1.29, 1.82) is 0 Å². The summed E-state index contributed by atoms with van der Waals surface area (Å²) in [5, 5.41) is 12.5. The Balaban J connectivity index is 0.000000211. The number of hydrogen-bond donors (Lipinski definition) is 2. The number of carboxylic acid groups (broad SMARTS) is 1. The summed E-state index contributed by atoms with van der Waals surface area (Å²) >= 11 is 0. The number of fused-ring (bicyclic) bond motifs is 1. The van der Waals surface area contributed by atoms with Gasteiger partial charge in [0, 0.05) is 41.6 Å². The van der Waals surface area contributed by atoms with Crippen molar-refractivity contribution in [2.75, 3.05) is 31.7 Å². The monoisotopic (exact) mass is 612 g/mol. The number of aromatic carboxylic acids is 1. The van der Waals surface area contributed by atoms with E-state index in [1.165, 1.54) is 18.3 Å². The minimum Gasteiger partial charge on any atom is -0.491 e. The standard InChI is InChI=1S/C23H22N2O4.C12H14O4/c1-15-21(9-6-18-11-16(13-26)12-24-22(15)18)25-23(27)17-4-7-19(8-5-17)29-14-20-3-2-10-28-20;13-12(14)9-3-5-10(6-4-9)16-8-11-2-1-7-15-11/h4-9,11-13,20H,2-3,10,14H2,1H3,(H,25,27);3-6,11H,1-2,7-8H2,(H,13,14). The molecule has 0 bridgehead atoms. The number of amides is 1. The van der Waals surface area contributed by atoms with Crippen molar-refractivity contribution in [3.63, 3.8) is 0 Å². The van der Waals surface area contributed by atoms with E-state index in [0.717, 1.165) is 61.6 Å². The Kier molecular flexibility index (Phi) is 10.7. The Bertz CT molecular complexity index is 1610. The average molecular weight is 613 g/mol. The molecule has 6 rings (SSSR count). The summed E-state index contributed by atoms with van der Waals surface area (Å²) in [5.41, 5.74) is 3.63. The van der Waals surface area contributed by atoms with Gasteiger partial charge in [-0.05, 0) is 98.8 Å². The summed E-state index contributed by atoms with van der Waals surface area (Å²) in [5.74, 6) is 0.267. The van der Waals surface area contributed by atoms with E-state index in [0.29, 0.717) is 41.5 Å². The maximum absolute atomic E-state index is 12.6. The van der Waals surface area contributed by atoms with Crippen molar-refractivity contribution < 1.29 is 38.4 Å². The highest BCUT2D eigenvalue weighted by Crippen LogP contribution is 2.25. The molecule has 0 radical (unpaired) electrons. The van der Waals surface area contributed by atoms with E-state index in [4.69, 9.17) is 24.1 Å². The van der Waals surface area contributed by atoms with E-state index in [1.54, 1.807) is 42.5 Å². The number of nitrogens with zero attached hydrogens (tertiary/aromatic N) is 1. The molecule has 0 spiro atoms. The van der Waals surface area contributed by atoms with Crippen molar-refractivity contribution in [3.05, 3.63) is 95.2 Å². The lowest BCUT2D eigenvalue weighted by molar-refractivity contribution is 0.0675. The molecule has 10 heteroatoms. The van der Waals surface area contributed by atoms with Gasteiger partial charge in [0.05, 0.1) is 23.3 Å². The molecule has 2 aliphatic rings. The lowest BCUT2D eigenvalue weighted by atomic mass is 10.1. The Morgan fingerprint density at radius 2 is 1.47 bits per heavy atom. The molecule has 10 nitrogen and oxygen atoms in total. The molecular formula is C35H36N2O8. The number of aldehydes is 1. The van der Waals surface area contributed by atoms with Crippen LogP contribution < -0.4 is 14.8 Å². The number of anilines is 1. The number of nitrogens with one attached hydrogen (secondary N) is 1. The molecule has 0 aliphatic carbocycles. The fourth-order valence-electron chi connectivity index (χ4n) is 5.09. The van der Waals surface area contributed by atoms with Crippen LogP contribution in [0, 0.1) is 6.92 Å². The number of pyridine rings is 1. The van der Waals surface area contributed by atoms with Crippen LogP contribution in [0.15, 0.2) is 72.9 Å². The Morgan fingerprint density at radius 1 is 0.889 bits per heavy atom. The molecule has 45 heavy (non-hydrogen) atoms. The number of ether oxygens (including phenoxy) is 4. The number of carboxylic acids is 1. The van der Waals surface area contributed by atoms with Gasteiger partial charge in [0.1, 0.15) is 24.7 Å². The zero-order valence-corrected chi connectivity index (χ0v) is 25.1. The van der Waals surface area contributed by atoms with E-state index >= 15 is 0 Å². The summed E-state index contributed by atoms with van der Waals surface area (Å²) in [6, 6.07) is 18.9. The van der Waals surface area contributed by atoms with E-state index in [1.807, 2.05) is 19.1 Å². The number of rotatable bonds is 10. The molecule has 2 aliphatic heterocycles. The first-order chi connectivity index (χ1) is 21.9. The summed E-state index contributed by atoms with van der Waals surface area (Å²) in [6.45, 7) is 4.57. The van der Waals surface area contributed by atoms with Crippen LogP contribution in [0.5, 0.6) is 11.5 Å². The van der Waals surface area contributed by atoms with Crippen LogP contribution in [0.2, 0.25) is 0 Å². The zero-order valence-electron chi connectivity index (χ0n) is 25.1. The maximum Gasteiger partial charge on any atom is 0.335 e. The highest BCUT2D eigenvalue weighted by Gasteiger charge is 2.17. The highest BCUT2D eigenvalue weighted by molar-refractivity contribution is 6.06. The molecule has 2 unspecified atom stereocenters. The van der Waals surface area contributed by atoms with Gasteiger partial charge in [0.2, 0.25) is 0 Å². The normalized spacial score (nSPS) is 17.3. The molecule has 2 saturated heterocycles. The predicted octanol–water partition coefficient (Wildman–Crippen LogP) is 6.11. The Hall–Kier alpha value is -4.80. The second-order valence-electron chi connectivity index (χ2n) is 10.9. The molecule has 3 aromatic carbocycles. The van der Waals surface area contributed by atoms with Gasteiger partial charge in [0.15, 0.2) is 6.29 Å². The fraction of sp³-hybridized carbons (Fsp3) is 0.314. The van der Waals surface area contributed by atoms with Crippen molar-refractivity contribution in [2.45, 2.75) is 44.8 Å². The minimum absolute atomic E-state index is 0.157. The van der Waals surface area contributed by atoms with Crippen LogP contribution in [0.25, 0.3) is 10.9 Å². The smallest absolute Gasteiger partial charge is 0.335 e. The van der Waals surface area contributed by atoms with Crippen LogP contribution in [-0.2, 0) is 9.47 Å². The van der Waals surface area contributed by atoms with Crippen LogP contribution >= 0.6 is 0 Å². The van der Waals surface area contributed by atoms with Gasteiger partial charge in [-0.25, -0.2) is 4.79 Å². The minimum atomic E-state index is -0.925. The Morgan fingerprint density at radius 3 is 1.98 bits per heavy atom. The van der Waals surface area contributed by atoms with Crippen molar-refractivity contribution in [3.8, 4) is 11.5 Å². The van der Waals surface area contributed by atoms with Crippen LogP contribution in [0.1, 0.15) is 62.3 Å². The number of benzene rings is 3. The fourth-order valence-corrected chi connectivity index (χ4v) is 5.09. The number of carbonyl (C=O) groups excluding carboxylic acids is 2. The third-order valence-electron chi connectivity index (χ3n) is 7.65. The van der Waals surface area contributed by atoms with Crippen LogP contribution in [-0.4, -0.2) is 66.9 Å². The third kappa shape index (κ3) is 8.65. The first-order valence-corrected chi connectivity index (χ1v) is 15.0. The summed E-state index contributed by atoms with van der Waals surface area (Å²) in [4.78, 5) is 38.5. The number of carbonyl (C=O) groups is 3. The second kappa shape index (κ2) is 15.3. The van der Waals surface area contributed by atoms with Gasteiger partial charge in [-0.15, -0.1) is 0 Å². The van der Waals surface area contributed by atoms with Gasteiger partial charge in [-0.3, -0.25) is 14.6 Å². The highest BCUT2D eigenvalue weighted by atomic mass is 16.5. The molecule has 4 aromatic rings. The molecule has 2 fully saturated rings. The van der Waals surface area contributed by atoms with Gasteiger partial charge in [-0.2, -0.15) is 0 Å². The van der Waals surface area contributed by atoms with Crippen molar-refractivity contribution in [1.82, 2.24) is 4.98 Å². The molecule has 0 saturated carbocycles. The maximum atomic E-state index is 12.6. The average Bonchev–Trinajstić information content (AvgIpc) is 3.80. The first-order valence-electron chi connectivity index (χ1n) is 15.0. The van der Waals surface area contributed by atoms with E-state index < -0.39 is 5.97 Å². The van der Waals surface area contributed by atoms with Gasteiger partial charge in [0.25, 0.3) is 5.91 Å². The van der Waals surface area contributed by atoms with E-state index in [-0.39, 0.29) is 23.7 Å². The lowest BCUT2D eigenvalue weighted by Crippen LogP contribution is -2.16. The van der Waals surface area contributed by atoms with Crippen molar-refractivity contribution >= 4 is 34.8 Å². The molecule has 234 valence electrons. The van der Waals surface area contributed by atoms with Crippen LogP contribution in [0.4, 0.5) is 5.69 Å².